The number of aromatic nitrogens is 1. The number of carbonyl (C=O) groups excluding carboxylic acids is 1. The molecule has 3 rings (SSSR count). The molecule has 0 saturated heterocycles. The van der Waals surface area contributed by atoms with E-state index in [2.05, 4.69) is 4.99 Å². The fourth-order valence-electron chi connectivity index (χ4n) is 2.76. The lowest BCUT2D eigenvalue weighted by Gasteiger charge is -2.06. The van der Waals surface area contributed by atoms with E-state index in [9.17, 15) is 13.2 Å². The Labute approximate surface area is 172 Å². The number of halogens is 1. The molecule has 0 aliphatic rings. The third kappa shape index (κ3) is 4.52. The fourth-order valence-corrected chi connectivity index (χ4v) is 4.97. The van der Waals surface area contributed by atoms with Crippen molar-refractivity contribution in [1.29, 1.82) is 0 Å². The van der Waals surface area contributed by atoms with Crippen LogP contribution in [-0.4, -0.2) is 38.4 Å². The van der Waals surface area contributed by atoms with Gasteiger partial charge in [-0.3, -0.25) is 4.79 Å². The SMILES string of the molecule is CCOCCn1c(=NC(=O)c2ccccc2S(C)(=O)=O)sc2cc(Cl)ccc21. The van der Waals surface area contributed by atoms with Crippen LogP contribution in [0.2, 0.25) is 5.02 Å². The molecule has 0 bridgehead atoms. The first-order valence-corrected chi connectivity index (χ1v) is 11.6. The number of ether oxygens (including phenoxy) is 1. The minimum atomic E-state index is -3.55. The van der Waals surface area contributed by atoms with Gasteiger partial charge in [-0.1, -0.05) is 35.1 Å². The molecule has 9 heteroatoms. The van der Waals surface area contributed by atoms with E-state index in [0.29, 0.717) is 29.6 Å². The van der Waals surface area contributed by atoms with Gasteiger partial charge in [0.15, 0.2) is 14.6 Å². The molecule has 6 nitrogen and oxygen atoms in total. The molecule has 0 radical (unpaired) electrons. The van der Waals surface area contributed by atoms with Gasteiger partial charge in [-0.15, -0.1) is 0 Å². The number of hydrogen-bond donors (Lipinski definition) is 0. The Kier molecular flexibility index (Phi) is 6.34. The van der Waals surface area contributed by atoms with Crippen LogP contribution < -0.4 is 4.80 Å². The van der Waals surface area contributed by atoms with Crippen LogP contribution in [-0.2, 0) is 21.1 Å². The molecule has 2 aromatic carbocycles. The van der Waals surface area contributed by atoms with Crippen molar-refractivity contribution in [3.8, 4) is 0 Å². The molecule has 0 aliphatic carbocycles. The molecule has 0 saturated carbocycles. The van der Waals surface area contributed by atoms with Gasteiger partial charge in [-0.2, -0.15) is 4.99 Å². The largest absolute Gasteiger partial charge is 0.380 e. The van der Waals surface area contributed by atoms with Gasteiger partial charge in [0.1, 0.15) is 0 Å². The number of carbonyl (C=O) groups is 1. The molecule has 0 aliphatic heterocycles. The third-order valence-electron chi connectivity index (χ3n) is 4.02. The average molecular weight is 439 g/mol. The van der Waals surface area contributed by atoms with Crippen molar-refractivity contribution in [3.05, 3.63) is 57.9 Å². The molecule has 0 N–H and O–H groups in total. The maximum Gasteiger partial charge on any atom is 0.280 e. The van der Waals surface area contributed by atoms with Gasteiger partial charge in [-0.05, 0) is 37.3 Å². The number of benzene rings is 2. The minimum absolute atomic E-state index is 0.0335. The van der Waals surface area contributed by atoms with Crippen LogP contribution in [0.1, 0.15) is 17.3 Å². The Morgan fingerprint density at radius 1 is 1.25 bits per heavy atom. The number of hydrogen-bond acceptors (Lipinski definition) is 5. The van der Waals surface area contributed by atoms with Crippen molar-refractivity contribution >= 4 is 48.9 Å². The molecule has 0 spiro atoms. The zero-order chi connectivity index (χ0) is 20.3. The molecule has 0 fully saturated rings. The predicted octanol–water partition coefficient (Wildman–Crippen LogP) is 3.54. The van der Waals surface area contributed by atoms with Crippen LogP contribution in [0.15, 0.2) is 52.4 Å². The van der Waals surface area contributed by atoms with E-state index in [1.165, 1.54) is 23.5 Å². The average Bonchev–Trinajstić information content (AvgIpc) is 2.97. The number of nitrogens with zero attached hydrogens (tertiary/aromatic N) is 2. The van der Waals surface area contributed by atoms with Crippen molar-refractivity contribution in [2.24, 2.45) is 4.99 Å². The predicted molar refractivity (Wildman–Crippen MR) is 111 cm³/mol. The van der Waals surface area contributed by atoms with E-state index in [0.717, 1.165) is 16.5 Å². The van der Waals surface area contributed by atoms with Crippen molar-refractivity contribution in [2.45, 2.75) is 18.4 Å². The highest BCUT2D eigenvalue weighted by Crippen LogP contribution is 2.22. The van der Waals surface area contributed by atoms with E-state index in [1.807, 2.05) is 23.6 Å². The lowest BCUT2D eigenvalue weighted by Crippen LogP contribution is -2.20. The fraction of sp³-hybridized carbons (Fsp3) is 0.263. The second-order valence-electron chi connectivity index (χ2n) is 6.03. The highest BCUT2D eigenvalue weighted by molar-refractivity contribution is 7.90. The molecule has 1 aromatic heterocycles. The van der Waals surface area contributed by atoms with Crippen molar-refractivity contribution in [3.63, 3.8) is 0 Å². The van der Waals surface area contributed by atoms with Crippen LogP contribution in [0.25, 0.3) is 10.2 Å². The molecular weight excluding hydrogens is 420 g/mol. The van der Waals surface area contributed by atoms with Crippen molar-refractivity contribution in [2.75, 3.05) is 19.5 Å². The summed E-state index contributed by atoms with van der Waals surface area (Å²) in [5.74, 6) is -0.608. The lowest BCUT2D eigenvalue weighted by atomic mass is 10.2. The molecule has 1 amide bonds. The summed E-state index contributed by atoms with van der Waals surface area (Å²) in [6.45, 7) is 3.47. The first-order chi connectivity index (χ1) is 13.3. The van der Waals surface area contributed by atoms with Gasteiger partial charge in [-0.25, -0.2) is 8.42 Å². The maximum atomic E-state index is 12.8. The Balaban J connectivity index is 2.13. The van der Waals surface area contributed by atoms with Crippen molar-refractivity contribution < 1.29 is 17.9 Å². The number of thiazole rings is 1. The summed E-state index contributed by atoms with van der Waals surface area (Å²) in [4.78, 5) is 17.5. The zero-order valence-corrected chi connectivity index (χ0v) is 17.8. The lowest BCUT2D eigenvalue weighted by molar-refractivity contribution is 0.0993. The molecule has 0 unspecified atom stereocenters. The second kappa shape index (κ2) is 8.57. The number of sulfone groups is 1. The van der Waals surface area contributed by atoms with Gasteiger partial charge in [0, 0.05) is 24.4 Å². The highest BCUT2D eigenvalue weighted by atomic mass is 35.5. The van der Waals surface area contributed by atoms with E-state index in [4.69, 9.17) is 16.3 Å². The summed E-state index contributed by atoms with van der Waals surface area (Å²) in [6, 6.07) is 11.5. The van der Waals surface area contributed by atoms with Gasteiger partial charge in [0.25, 0.3) is 5.91 Å². The molecule has 1 heterocycles. The summed E-state index contributed by atoms with van der Waals surface area (Å²) in [6.07, 6.45) is 1.07. The van der Waals surface area contributed by atoms with Gasteiger partial charge in [0.2, 0.25) is 0 Å². The summed E-state index contributed by atoms with van der Waals surface area (Å²) < 4.78 is 32.2. The first-order valence-electron chi connectivity index (χ1n) is 8.56. The minimum Gasteiger partial charge on any atom is -0.380 e. The first kappa shape index (κ1) is 20.7. The summed E-state index contributed by atoms with van der Waals surface area (Å²) in [5.41, 5.74) is 0.939. The normalized spacial score (nSPS) is 12.6. The van der Waals surface area contributed by atoms with Crippen LogP contribution in [0.3, 0.4) is 0 Å². The third-order valence-corrected chi connectivity index (χ3v) is 6.45. The topological polar surface area (TPSA) is 77.7 Å². The summed E-state index contributed by atoms with van der Waals surface area (Å²) in [5, 5.41) is 0.589. The smallest absolute Gasteiger partial charge is 0.280 e. The second-order valence-corrected chi connectivity index (χ2v) is 9.46. The number of amides is 1. The van der Waals surface area contributed by atoms with Crippen LogP contribution in [0.5, 0.6) is 0 Å². The number of rotatable bonds is 6. The van der Waals surface area contributed by atoms with Crippen LogP contribution in [0.4, 0.5) is 0 Å². The quantitative estimate of drug-likeness (QED) is 0.551. The summed E-state index contributed by atoms with van der Waals surface area (Å²) in [7, 11) is -3.55. The van der Waals surface area contributed by atoms with Crippen molar-refractivity contribution in [1.82, 2.24) is 4.57 Å². The van der Waals surface area contributed by atoms with Gasteiger partial charge in [0.05, 0.1) is 27.3 Å². The highest BCUT2D eigenvalue weighted by Gasteiger charge is 2.18. The van der Waals surface area contributed by atoms with E-state index in [-0.39, 0.29) is 10.5 Å². The molecule has 148 valence electrons. The Morgan fingerprint density at radius 2 is 2.00 bits per heavy atom. The van der Waals surface area contributed by atoms with E-state index in [1.54, 1.807) is 18.2 Å². The summed E-state index contributed by atoms with van der Waals surface area (Å²) >= 11 is 7.41. The molecule has 28 heavy (non-hydrogen) atoms. The van der Waals surface area contributed by atoms with E-state index >= 15 is 0 Å². The van der Waals surface area contributed by atoms with E-state index < -0.39 is 15.7 Å². The Bertz CT molecular complexity index is 1200. The standard InChI is InChI=1S/C19H19ClN2O4S2/c1-3-26-11-10-22-15-9-8-13(20)12-16(15)27-19(22)21-18(23)14-6-4-5-7-17(14)28(2,24)25/h4-9,12H,3,10-11H2,1-2H3. The van der Waals surface area contributed by atoms with Gasteiger partial charge >= 0.3 is 0 Å². The van der Waals surface area contributed by atoms with Crippen LogP contribution >= 0.6 is 22.9 Å². The maximum absolute atomic E-state index is 12.8. The Morgan fingerprint density at radius 3 is 2.71 bits per heavy atom. The van der Waals surface area contributed by atoms with Gasteiger partial charge < -0.3 is 9.30 Å². The number of fused-ring (bicyclic) bond motifs is 1. The Hall–Kier alpha value is -2.00. The monoisotopic (exact) mass is 438 g/mol. The van der Waals surface area contributed by atoms with Crippen LogP contribution in [0, 0.1) is 0 Å². The molecule has 0 atom stereocenters. The molecular formula is C19H19ClN2O4S2. The zero-order valence-electron chi connectivity index (χ0n) is 15.4. The molecule has 3 aromatic rings.